The van der Waals surface area contributed by atoms with E-state index in [1.54, 1.807) is 6.92 Å². The Kier molecular flexibility index (Phi) is 7.45. The minimum absolute atomic E-state index is 0.0541. The van der Waals surface area contributed by atoms with Crippen LogP contribution in [0.3, 0.4) is 0 Å². The quantitative estimate of drug-likeness (QED) is 0.562. The number of carbonyl (C=O) groups is 1. The number of ether oxygens (including phenoxy) is 1. The molecule has 0 aromatic carbocycles. The molecule has 7 nitrogen and oxygen atoms in total. The van der Waals surface area contributed by atoms with E-state index < -0.39 is 17.7 Å². The zero-order valence-electron chi connectivity index (χ0n) is 17.0. The van der Waals surface area contributed by atoms with E-state index in [4.69, 9.17) is 9.57 Å². The Morgan fingerprint density at radius 2 is 2.04 bits per heavy atom. The van der Waals surface area contributed by atoms with Crippen molar-refractivity contribution < 1.29 is 24.6 Å². The first-order chi connectivity index (χ1) is 12.8. The largest absolute Gasteiger partial charge is 0.485 e. The Balaban J connectivity index is 2.45. The number of carbonyl (C=O) groups excluding carboxylic acids is 1. The average molecular weight is 383 g/mol. The molecule has 2 rings (SSSR count). The summed E-state index contributed by atoms with van der Waals surface area (Å²) in [6.45, 7) is 11.1. The van der Waals surface area contributed by atoms with E-state index in [-0.39, 0.29) is 12.5 Å². The second-order valence-electron chi connectivity index (χ2n) is 7.41. The highest BCUT2D eigenvalue weighted by atomic mass is 16.7. The smallest absolute Gasteiger partial charge is 0.283 e. The maximum absolute atomic E-state index is 13.0. The van der Waals surface area contributed by atoms with Gasteiger partial charge in [-0.3, -0.25) is 14.5 Å². The molecule has 0 aromatic rings. The van der Waals surface area contributed by atoms with Crippen molar-refractivity contribution >= 4 is 5.91 Å². The average Bonchev–Trinajstić information content (AvgIpc) is 2.87. The van der Waals surface area contributed by atoms with Crippen molar-refractivity contribution in [3.05, 3.63) is 23.6 Å². The number of nitrogens with zero attached hydrogens (tertiary/aromatic N) is 2. The molecule has 0 unspecified atom stereocenters. The van der Waals surface area contributed by atoms with Gasteiger partial charge in [0.2, 0.25) is 0 Å². The predicted molar refractivity (Wildman–Crippen MR) is 102 cm³/mol. The monoisotopic (exact) mass is 382 g/mol. The van der Waals surface area contributed by atoms with E-state index in [0.717, 1.165) is 24.3 Å². The van der Waals surface area contributed by atoms with Crippen LogP contribution in [0.4, 0.5) is 0 Å². The molecule has 0 spiro atoms. The molecule has 2 N–H and O–H groups in total. The highest BCUT2D eigenvalue weighted by molar-refractivity contribution is 6.00. The molecule has 0 fully saturated rings. The molecule has 0 radical (unpaired) electrons. The standard InChI is InChI=1S/C20H34N2O5/c1-6-8-9-11-15-20(4,25)18(21(7-2)12-10-13-23)16-17(27-15)14(3)22(26-5)19(16)24/h15,18,23,25H,3,6-13H2,1-2,4-5H3/t15-,18+,20-/m0/s1. The third-order valence-electron chi connectivity index (χ3n) is 5.53. The highest BCUT2D eigenvalue weighted by Crippen LogP contribution is 2.44. The Labute approximate surface area is 162 Å². The van der Waals surface area contributed by atoms with Crippen LogP contribution in [-0.4, -0.2) is 70.6 Å². The van der Waals surface area contributed by atoms with Gasteiger partial charge in [-0.05, 0) is 32.7 Å². The molecule has 0 aromatic heterocycles. The van der Waals surface area contributed by atoms with Crippen LogP contribution in [0.15, 0.2) is 23.6 Å². The molecular formula is C20H34N2O5. The lowest BCUT2D eigenvalue weighted by Gasteiger charge is -2.47. The van der Waals surface area contributed by atoms with Crippen LogP contribution in [0.25, 0.3) is 0 Å². The number of unbranched alkanes of at least 4 members (excludes halogenated alkanes) is 2. The molecule has 2 aliphatic heterocycles. The summed E-state index contributed by atoms with van der Waals surface area (Å²) < 4.78 is 6.13. The third kappa shape index (κ3) is 4.06. The molecule has 154 valence electrons. The summed E-state index contributed by atoms with van der Waals surface area (Å²) in [4.78, 5) is 20.2. The van der Waals surface area contributed by atoms with Crippen LogP contribution >= 0.6 is 0 Å². The maximum atomic E-state index is 13.0. The van der Waals surface area contributed by atoms with Crippen molar-refractivity contribution in [3.8, 4) is 0 Å². The fourth-order valence-electron chi connectivity index (χ4n) is 4.10. The molecule has 3 atom stereocenters. The second-order valence-corrected chi connectivity index (χ2v) is 7.41. The Morgan fingerprint density at radius 1 is 1.33 bits per heavy atom. The van der Waals surface area contributed by atoms with Gasteiger partial charge in [0.05, 0.1) is 18.7 Å². The van der Waals surface area contributed by atoms with Crippen LogP contribution in [0.1, 0.15) is 52.9 Å². The van der Waals surface area contributed by atoms with E-state index in [2.05, 4.69) is 13.5 Å². The van der Waals surface area contributed by atoms with Crippen molar-refractivity contribution in [3.63, 3.8) is 0 Å². The van der Waals surface area contributed by atoms with Gasteiger partial charge in [-0.2, -0.15) is 5.06 Å². The Bertz CT molecular complexity index is 587. The van der Waals surface area contributed by atoms with E-state index in [1.165, 1.54) is 7.11 Å². The summed E-state index contributed by atoms with van der Waals surface area (Å²) in [7, 11) is 1.41. The highest BCUT2D eigenvalue weighted by Gasteiger charge is 2.56. The van der Waals surface area contributed by atoms with Crippen LogP contribution in [-0.2, 0) is 14.4 Å². The topological polar surface area (TPSA) is 82.5 Å². The van der Waals surface area contributed by atoms with Crippen molar-refractivity contribution in [1.82, 2.24) is 9.96 Å². The lowest BCUT2D eigenvalue weighted by atomic mass is 9.79. The summed E-state index contributed by atoms with van der Waals surface area (Å²) in [5, 5.41) is 21.9. The number of amides is 1. The van der Waals surface area contributed by atoms with Crippen molar-refractivity contribution in [2.75, 3.05) is 26.8 Å². The summed E-state index contributed by atoms with van der Waals surface area (Å²) >= 11 is 0. The summed E-state index contributed by atoms with van der Waals surface area (Å²) in [6, 6.07) is -0.547. The zero-order valence-corrected chi connectivity index (χ0v) is 17.0. The van der Waals surface area contributed by atoms with Crippen LogP contribution in [0.5, 0.6) is 0 Å². The Hall–Kier alpha value is -1.41. The number of hydrogen-bond donors (Lipinski definition) is 2. The summed E-state index contributed by atoms with van der Waals surface area (Å²) in [6.07, 6.45) is 3.88. The minimum Gasteiger partial charge on any atom is -0.485 e. The van der Waals surface area contributed by atoms with Gasteiger partial charge in [0.25, 0.3) is 5.91 Å². The summed E-state index contributed by atoms with van der Waals surface area (Å²) in [5.74, 6) is 0.0690. The van der Waals surface area contributed by atoms with Crippen molar-refractivity contribution in [2.45, 2.75) is 70.6 Å². The molecule has 0 aliphatic carbocycles. The van der Waals surface area contributed by atoms with Crippen LogP contribution in [0.2, 0.25) is 0 Å². The van der Waals surface area contributed by atoms with Gasteiger partial charge in [0, 0.05) is 13.2 Å². The van der Waals surface area contributed by atoms with Gasteiger partial charge >= 0.3 is 0 Å². The SMILES string of the molecule is C=C1C2=C(C(=O)N1OC)[C@@H](N(CC)CCCO)[C@@](C)(O)[C@H](CCCCC)O2. The second kappa shape index (κ2) is 9.19. The van der Waals surface area contributed by atoms with Gasteiger partial charge in [-0.25, -0.2) is 0 Å². The first kappa shape index (κ1) is 21.9. The van der Waals surface area contributed by atoms with E-state index >= 15 is 0 Å². The number of hydroxylamine groups is 2. The molecule has 1 amide bonds. The molecule has 0 saturated heterocycles. The van der Waals surface area contributed by atoms with Crippen LogP contribution < -0.4 is 0 Å². The number of rotatable bonds is 10. The molecule has 27 heavy (non-hydrogen) atoms. The van der Waals surface area contributed by atoms with E-state index in [1.807, 2.05) is 11.8 Å². The fraction of sp³-hybridized carbons (Fsp3) is 0.750. The lowest BCUT2D eigenvalue weighted by Crippen LogP contribution is -2.62. The molecule has 7 heteroatoms. The zero-order chi connectivity index (χ0) is 20.2. The maximum Gasteiger partial charge on any atom is 0.283 e. The number of aliphatic hydroxyl groups is 2. The fourth-order valence-corrected chi connectivity index (χ4v) is 4.10. The van der Waals surface area contributed by atoms with E-state index in [9.17, 15) is 15.0 Å². The Morgan fingerprint density at radius 3 is 2.59 bits per heavy atom. The number of hydrogen-bond acceptors (Lipinski definition) is 6. The van der Waals surface area contributed by atoms with Gasteiger partial charge in [0.1, 0.15) is 17.4 Å². The van der Waals surface area contributed by atoms with Gasteiger partial charge in [-0.15, -0.1) is 0 Å². The van der Waals surface area contributed by atoms with Crippen molar-refractivity contribution in [2.24, 2.45) is 0 Å². The predicted octanol–water partition coefficient (Wildman–Crippen LogP) is 1.96. The molecule has 2 aliphatic rings. The molecular weight excluding hydrogens is 348 g/mol. The van der Waals surface area contributed by atoms with Gasteiger partial charge < -0.3 is 14.9 Å². The number of aliphatic hydroxyl groups excluding tert-OH is 1. The lowest BCUT2D eigenvalue weighted by molar-refractivity contribution is -0.159. The van der Waals surface area contributed by atoms with Crippen LogP contribution in [0, 0.1) is 0 Å². The summed E-state index contributed by atoms with van der Waals surface area (Å²) in [5.41, 5.74) is -0.493. The van der Waals surface area contributed by atoms with Gasteiger partial charge in [-0.1, -0.05) is 33.3 Å². The minimum atomic E-state index is -1.25. The third-order valence-corrected chi connectivity index (χ3v) is 5.53. The first-order valence-electron chi connectivity index (χ1n) is 9.90. The van der Waals surface area contributed by atoms with Crippen molar-refractivity contribution in [1.29, 1.82) is 0 Å². The van der Waals surface area contributed by atoms with E-state index in [0.29, 0.717) is 43.0 Å². The normalized spacial score (nSPS) is 28.2. The molecule has 0 saturated carbocycles. The first-order valence-corrected chi connectivity index (χ1v) is 9.90. The van der Waals surface area contributed by atoms with Gasteiger partial charge in [0.15, 0.2) is 5.76 Å². The molecule has 2 heterocycles. The number of likely N-dealkylation sites (N-methyl/N-ethyl adjacent to an activating group) is 1. The molecule has 0 bridgehead atoms.